The molecule has 0 bridgehead atoms. The van der Waals surface area contributed by atoms with Gasteiger partial charge in [-0.3, -0.25) is 29.0 Å². The predicted octanol–water partition coefficient (Wildman–Crippen LogP) is 0.0989. The third-order valence-electron chi connectivity index (χ3n) is 11.5. The van der Waals surface area contributed by atoms with Crippen LogP contribution in [-0.2, 0) is 52.4 Å². The van der Waals surface area contributed by atoms with Crippen molar-refractivity contribution in [2.24, 2.45) is 33.1 Å². The molecule has 1 saturated heterocycles. The van der Waals surface area contributed by atoms with E-state index in [0.717, 1.165) is 0 Å². The average molecular weight is 933 g/mol. The molecule has 0 radical (unpaired) electrons. The van der Waals surface area contributed by atoms with Gasteiger partial charge in [0.1, 0.15) is 29.5 Å². The van der Waals surface area contributed by atoms with Crippen molar-refractivity contribution < 1.29 is 32.4 Å². The number of imidazole rings is 1. The van der Waals surface area contributed by atoms with Crippen LogP contribution in [-0.4, -0.2) is 102 Å². The highest BCUT2D eigenvalue weighted by atomic mass is 32.2. The minimum Gasteiger partial charge on any atom is -0.370 e. The highest BCUT2D eigenvalue weighted by Gasteiger charge is 2.44. The normalized spacial score (nSPS) is 15.1. The maximum Gasteiger partial charge on any atom is 0.257 e. The van der Waals surface area contributed by atoms with E-state index in [4.69, 9.17) is 28.1 Å². The quantitative estimate of drug-likeness (QED) is 0.0211. The Bertz CT molecular complexity index is 2550. The number of carbonyl (C=O) groups is 5. The molecule has 0 unspecified atom stereocenters. The van der Waals surface area contributed by atoms with Gasteiger partial charge >= 0.3 is 0 Å². The summed E-state index contributed by atoms with van der Waals surface area (Å²) in [4.78, 5) is 78.3. The maximum absolute atomic E-state index is 15.2. The number of nitrogens with two attached hydrogens (primary N) is 5. The molecule has 4 aromatic carbocycles. The summed E-state index contributed by atoms with van der Waals surface area (Å²) in [5.74, 6) is -3.61. The molecular formula is C47H56N12O7S. The number of hydrogen-bond donors (Lipinski definition) is 8. The first kappa shape index (κ1) is 49.0. The van der Waals surface area contributed by atoms with Crippen molar-refractivity contribution in [3.63, 3.8) is 0 Å². The second-order valence-corrected chi connectivity index (χ2v) is 17.7. The summed E-state index contributed by atoms with van der Waals surface area (Å²) in [6, 6.07) is 31.9. The van der Waals surface area contributed by atoms with Crippen molar-refractivity contribution >= 4 is 45.5 Å². The molecule has 1 fully saturated rings. The molecule has 0 aliphatic carbocycles. The molecule has 1 aromatic heterocycles. The van der Waals surface area contributed by atoms with Gasteiger partial charge in [0, 0.05) is 32.1 Å². The zero-order chi connectivity index (χ0) is 48.1. The number of carbonyl (C=O) groups excluding carboxylic acids is 5. The standard InChI is InChI=1S/C47H56N12O7S/c48-35(23-13-25-53-46(50)51)42(61)56-37(45(64)58-26-14-24-38(58)44(63)55-36(43(62)54-29-39(49)60)27-31-15-5-1-6-16-31)28-40-57-41(67(52,65)66)30-59(40)47(32-17-7-2-8-18-32,33-19-9-3-10-20-33)34-21-11-4-12-22-34/h1-12,15-22,30,35-38H,13-14,23-29,48H2,(H2,49,60)(H,54,62)(H,55,63)(H,56,61)(H4,50,51,53)(H2,52,65,66)/t35-,36-,37-,38-/m0/s1. The van der Waals surface area contributed by atoms with E-state index in [-0.39, 0.29) is 44.1 Å². The number of nitrogens with zero attached hydrogens (tertiary/aromatic N) is 4. The Balaban J connectivity index is 1.44. The fourth-order valence-corrected chi connectivity index (χ4v) is 8.85. The average Bonchev–Trinajstić information content (AvgIpc) is 3.99. The first-order valence-corrected chi connectivity index (χ1v) is 23.2. The summed E-state index contributed by atoms with van der Waals surface area (Å²) in [5.41, 5.74) is 24.1. The Morgan fingerprint density at radius 1 is 0.761 bits per heavy atom. The number of aliphatic imine (C=N–C) groups is 1. The minimum absolute atomic E-state index is 0.0369. The Kier molecular flexibility index (Phi) is 16.2. The number of guanidine groups is 1. The smallest absolute Gasteiger partial charge is 0.257 e. The van der Waals surface area contributed by atoms with Crippen molar-refractivity contribution in [2.75, 3.05) is 19.6 Å². The van der Waals surface area contributed by atoms with Gasteiger partial charge in [-0.05, 0) is 47.9 Å². The number of amides is 5. The number of primary sulfonamides is 1. The van der Waals surface area contributed by atoms with Gasteiger partial charge < -0.3 is 48.4 Å². The van der Waals surface area contributed by atoms with Crippen molar-refractivity contribution in [1.29, 1.82) is 0 Å². The molecule has 352 valence electrons. The second-order valence-electron chi connectivity index (χ2n) is 16.2. The number of nitrogens with one attached hydrogen (secondary N) is 3. The molecule has 0 saturated carbocycles. The highest BCUT2D eigenvalue weighted by Crippen LogP contribution is 2.42. The lowest BCUT2D eigenvalue weighted by atomic mass is 9.76. The Morgan fingerprint density at radius 2 is 1.31 bits per heavy atom. The summed E-state index contributed by atoms with van der Waals surface area (Å²) < 4.78 is 28.2. The van der Waals surface area contributed by atoms with E-state index in [0.29, 0.717) is 35.1 Å². The third kappa shape index (κ3) is 12.1. The fourth-order valence-electron chi connectivity index (χ4n) is 8.36. The molecule has 0 spiro atoms. The van der Waals surface area contributed by atoms with E-state index in [1.165, 1.54) is 11.1 Å². The lowest BCUT2D eigenvalue weighted by Gasteiger charge is -2.39. The Labute approximate surface area is 388 Å². The van der Waals surface area contributed by atoms with E-state index in [2.05, 4.69) is 25.9 Å². The van der Waals surface area contributed by atoms with Gasteiger partial charge in [-0.15, -0.1) is 0 Å². The number of aromatic nitrogens is 2. The van der Waals surface area contributed by atoms with Crippen molar-refractivity contribution in [3.05, 3.63) is 156 Å². The molecule has 13 N–H and O–H groups in total. The van der Waals surface area contributed by atoms with Crippen molar-refractivity contribution in [3.8, 4) is 0 Å². The Morgan fingerprint density at radius 3 is 1.84 bits per heavy atom. The van der Waals surface area contributed by atoms with E-state index in [9.17, 15) is 27.6 Å². The number of benzene rings is 4. The molecule has 20 heteroatoms. The monoisotopic (exact) mass is 932 g/mol. The predicted molar refractivity (Wildman–Crippen MR) is 251 cm³/mol. The largest absolute Gasteiger partial charge is 0.370 e. The summed E-state index contributed by atoms with van der Waals surface area (Å²) >= 11 is 0. The molecule has 2 heterocycles. The fraction of sp³-hybridized carbons (Fsp3) is 0.298. The van der Waals surface area contributed by atoms with Crippen molar-refractivity contribution in [1.82, 2.24) is 30.4 Å². The molecule has 5 aromatic rings. The molecule has 6 rings (SSSR count). The van der Waals surface area contributed by atoms with Crippen LogP contribution in [0.1, 0.15) is 53.8 Å². The zero-order valence-corrected chi connectivity index (χ0v) is 37.6. The first-order chi connectivity index (χ1) is 32.1. The van der Waals surface area contributed by atoms with E-state index < -0.39 is 87.3 Å². The second kappa shape index (κ2) is 22.2. The van der Waals surface area contributed by atoms with Crippen LogP contribution in [0.25, 0.3) is 0 Å². The van der Waals surface area contributed by atoms with E-state index in [1.807, 2.05) is 91.0 Å². The van der Waals surface area contributed by atoms with Crippen LogP contribution < -0.4 is 44.0 Å². The van der Waals surface area contributed by atoms with E-state index >= 15 is 4.79 Å². The van der Waals surface area contributed by atoms with Gasteiger partial charge in [0.15, 0.2) is 11.0 Å². The summed E-state index contributed by atoms with van der Waals surface area (Å²) in [6.45, 7) is -0.185. The number of rotatable bonds is 21. The van der Waals surface area contributed by atoms with Crippen LogP contribution in [0.15, 0.2) is 138 Å². The van der Waals surface area contributed by atoms with Crippen LogP contribution in [0.2, 0.25) is 0 Å². The Hall–Kier alpha value is -7.42. The summed E-state index contributed by atoms with van der Waals surface area (Å²) in [5, 5.41) is 13.3. The lowest BCUT2D eigenvalue weighted by molar-refractivity contribution is -0.142. The van der Waals surface area contributed by atoms with Gasteiger partial charge in [-0.2, -0.15) is 0 Å². The third-order valence-corrected chi connectivity index (χ3v) is 12.3. The minimum atomic E-state index is -4.48. The summed E-state index contributed by atoms with van der Waals surface area (Å²) in [6.07, 6.45) is 2.00. The molecule has 1 aliphatic rings. The van der Waals surface area contributed by atoms with Gasteiger partial charge in [0.2, 0.25) is 29.5 Å². The van der Waals surface area contributed by atoms with Crippen LogP contribution in [0, 0.1) is 0 Å². The van der Waals surface area contributed by atoms with Gasteiger partial charge in [0.05, 0.1) is 12.6 Å². The molecule has 1 aliphatic heterocycles. The molecule has 67 heavy (non-hydrogen) atoms. The first-order valence-electron chi connectivity index (χ1n) is 21.7. The number of primary amides is 1. The van der Waals surface area contributed by atoms with Gasteiger partial charge in [-0.1, -0.05) is 121 Å². The van der Waals surface area contributed by atoms with Crippen LogP contribution >= 0.6 is 0 Å². The highest BCUT2D eigenvalue weighted by molar-refractivity contribution is 7.89. The van der Waals surface area contributed by atoms with Gasteiger partial charge in [0.25, 0.3) is 10.0 Å². The number of sulfonamides is 1. The lowest BCUT2D eigenvalue weighted by Crippen LogP contribution is -2.58. The molecule has 4 atom stereocenters. The molecular weight excluding hydrogens is 877 g/mol. The summed E-state index contributed by atoms with van der Waals surface area (Å²) in [7, 11) is -4.48. The van der Waals surface area contributed by atoms with Crippen LogP contribution in [0.4, 0.5) is 0 Å². The molecule has 19 nitrogen and oxygen atoms in total. The van der Waals surface area contributed by atoms with E-state index in [1.54, 1.807) is 34.9 Å². The maximum atomic E-state index is 15.2. The van der Waals surface area contributed by atoms with Crippen molar-refractivity contribution in [2.45, 2.75) is 73.3 Å². The van der Waals surface area contributed by atoms with Crippen LogP contribution in [0.5, 0.6) is 0 Å². The number of likely N-dealkylation sites (tertiary alicyclic amines) is 1. The number of hydrogen-bond acceptors (Lipinski definition) is 10. The topological polar surface area (TPSA) is 319 Å². The molecule has 5 amide bonds. The van der Waals surface area contributed by atoms with Gasteiger partial charge in [-0.25, -0.2) is 18.5 Å². The SMILES string of the molecule is NC(=O)CNC(=O)[C@H](Cc1ccccc1)NC(=O)[C@@H]1CCCN1C(=O)[C@H](Cc1nc(S(N)(=O)=O)cn1C(c1ccccc1)(c1ccccc1)c1ccccc1)NC(=O)[C@@H](N)CCCN=C(N)N. The van der Waals surface area contributed by atoms with Crippen LogP contribution in [0.3, 0.4) is 0 Å². The zero-order valence-electron chi connectivity index (χ0n) is 36.7.